The Kier molecular flexibility index (Phi) is 5.01. The molecule has 0 unspecified atom stereocenters. The molecule has 0 atom stereocenters. The summed E-state index contributed by atoms with van der Waals surface area (Å²) < 4.78 is 2.03. The molecule has 3 rings (SSSR count). The number of rotatable bonds is 5. The number of nitrogens with zero attached hydrogens (tertiary/aromatic N) is 5. The Bertz CT molecular complexity index is 742. The molecule has 2 aromatic heterocycles. The topological polar surface area (TPSA) is 54.3 Å². The van der Waals surface area contributed by atoms with E-state index in [2.05, 4.69) is 4.98 Å². The minimum atomic E-state index is 0.0185. The van der Waals surface area contributed by atoms with E-state index in [1.54, 1.807) is 24.0 Å². The van der Waals surface area contributed by atoms with Gasteiger partial charge in [-0.2, -0.15) is 0 Å². The van der Waals surface area contributed by atoms with Crippen LogP contribution in [0.3, 0.4) is 0 Å². The second kappa shape index (κ2) is 7.03. The first-order valence-corrected chi connectivity index (χ1v) is 9.31. The number of carbonyl (C=O) groups is 1. The average molecular weight is 366 g/mol. The van der Waals surface area contributed by atoms with Crippen molar-refractivity contribution in [1.29, 1.82) is 0 Å². The fourth-order valence-electron chi connectivity index (χ4n) is 2.76. The van der Waals surface area contributed by atoms with Gasteiger partial charge in [-0.3, -0.25) is 4.79 Å². The van der Waals surface area contributed by atoms with Crippen LogP contribution in [0, 0.1) is 0 Å². The molecule has 0 bridgehead atoms. The number of hydrogen-bond acceptors (Lipinski definition) is 5. The maximum atomic E-state index is 13.0. The predicted octanol–water partition coefficient (Wildman–Crippen LogP) is 3.29. The second-order valence-electron chi connectivity index (χ2n) is 5.44. The minimum Gasteiger partial charge on any atom is -0.338 e. The van der Waals surface area contributed by atoms with E-state index < -0.39 is 0 Å². The zero-order valence-corrected chi connectivity index (χ0v) is 15.6. The summed E-state index contributed by atoms with van der Waals surface area (Å²) in [4.78, 5) is 25.6. The summed E-state index contributed by atoms with van der Waals surface area (Å²) >= 11 is 7.55. The van der Waals surface area contributed by atoms with E-state index in [0.717, 1.165) is 23.1 Å². The summed E-state index contributed by atoms with van der Waals surface area (Å²) in [5, 5.41) is 1.34. The zero-order chi connectivity index (χ0) is 17.3. The van der Waals surface area contributed by atoms with Crippen molar-refractivity contribution < 1.29 is 4.79 Å². The van der Waals surface area contributed by atoms with Gasteiger partial charge < -0.3 is 14.4 Å². The quantitative estimate of drug-likeness (QED) is 0.761. The number of halogens is 1. The summed E-state index contributed by atoms with van der Waals surface area (Å²) in [6.45, 7) is 6.14. The molecule has 1 aliphatic heterocycles. The summed E-state index contributed by atoms with van der Waals surface area (Å²) in [7, 11) is 1.90. The van der Waals surface area contributed by atoms with Gasteiger partial charge in [-0.05, 0) is 26.0 Å². The van der Waals surface area contributed by atoms with Gasteiger partial charge in [0.1, 0.15) is 5.15 Å². The van der Waals surface area contributed by atoms with E-state index in [-0.39, 0.29) is 5.91 Å². The normalized spacial score (nSPS) is 13.0. The zero-order valence-electron chi connectivity index (χ0n) is 14.0. The van der Waals surface area contributed by atoms with Gasteiger partial charge in [-0.1, -0.05) is 23.4 Å². The van der Waals surface area contributed by atoms with Gasteiger partial charge >= 0.3 is 0 Å². The van der Waals surface area contributed by atoms with Gasteiger partial charge in [0.2, 0.25) is 0 Å². The van der Waals surface area contributed by atoms with E-state index in [1.807, 2.05) is 41.3 Å². The molecule has 24 heavy (non-hydrogen) atoms. The second-order valence-corrected chi connectivity index (χ2v) is 6.89. The van der Waals surface area contributed by atoms with Crippen molar-refractivity contribution >= 4 is 40.8 Å². The van der Waals surface area contributed by atoms with Gasteiger partial charge in [0, 0.05) is 32.4 Å². The SMILES string of the molecule is CCN(CC)C(=O)c1c(N(C)c2ccc(Cl)nc2)nc2n1CCS2. The molecule has 0 fully saturated rings. The predicted molar refractivity (Wildman–Crippen MR) is 97.5 cm³/mol. The van der Waals surface area contributed by atoms with Crippen molar-refractivity contribution in [3.8, 4) is 0 Å². The van der Waals surface area contributed by atoms with Gasteiger partial charge in [-0.25, -0.2) is 9.97 Å². The minimum absolute atomic E-state index is 0.0185. The molecule has 0 saturated heterocycles. The number of amides is 1. The summed E-state index contributed by atoms with van der Waals surface area (Å²) in [5.41, 5.74) is 1.49. The highest BCUT2D eigenvalue weighted by Gasteiger charge is 2.30. The van der Waals surface area contributed by atoms with Crippen LogP contribution in [0.15, 0.2) is 23.5 Å². The molecule has 1 aliphatic rings. The Labute approximate surface area is 150 Å². The molecular weight excluding hydrogens is 346 g/mol. The van der Waals surface area contributed by atoms with Crippen molar-refractivity contribution in [3.63, 3.8) is 0 Å². The van der Waals surface area contributed by atoms with E-state index >= 15 is 0 Å². The Morgan fingerprint density at radius 2 is 2.12 bits per heavy atom. The average Bonchev–Trinajstić information content (AvgIpc) is 3.16. The molecule has 128 valence electrons. The Hall–Kier alpha value is -1.73. The number of aromatic nitrogens is 3. The Morgan fingerprint density at radius 1 is 1.38 bits per heavy atom. The third-order valence-corrected chi connectivity index (χ3v) is 5.31. The lowest BCUT2D eigenvalue weighted by Gasteiger charge is -2.23. The summed E-state index contributed by atoms with van der Waals surface area (Å²) in [5.74, 6) is 1.64. The third-order valence-electron chi connectivity index (χ3n) is 4.13. The van der Waals surface area contributed by atoms with Gasteiger partial charge in [0.25, 0.3) is 5.91 Å². The van der Waals surface area contributed by atoms with Gasteiger partial charge in [0.05, 0.1) is 11.9 Å². The number of fused-ring (bicyclic) bond motifs is 1. The van der Waals surface area contributed by atoms with Crippen LogP contribution in [-0.2, 0) is 6.54 Å². The molecule has 8 heteroatoms. The molecule has 2 aromatic rings. The van der Waals surface area contributed by atoms with Crippen molar-refractivity contribution in [2.75, 3.05) is 30.8 Å². The Balaban J connectivity index is 2.05. The lowest BCUT2D eigenvalue weighted by atomic mass is 10.3. The van der Waals surface area contributed by atoms with E-state index in [1.165, 1.54) is 0 Å². The number of carbonyl (C=O) groups excluding carboxylic acids is 1. The molecular formula is C16H20ClN5OS. The lowest BCUT2D eigenvalue weighted by Crippen LogP contribution is -2.33. The first-order chi connectivity index (χ1) is 11.6. The van der Waals surface area contributed by atoms with Crippen LogP contribution in [0.1, 0.15) is 24.3 Å². The van der Waals surface area contributed by atoms with Crippen LogP contribution < -0.4 is 4.90 Å². The summed E-state index contributed by atoms with van der Waals surface area (Å²) in [6.07, 6.45) is 1.69. The molecule has 0 spiro atoms. The van der Waals surface area contributed by atoms with Crippen LogP contribution in [0.25, 0.3) is 0 Å². The van der Waals surface area contributed by atoms with Crippen molar-refractivity contribution in [1.82, 2.24) is 19.4 Å². The molecule has 0 radical (unpaired) electrons. The van der Waals surface area contributed by atoms with E-state index in [4.69, 9.17) is 16.6 Å². The van der Waals surface area contributed by atoms with E-state index in [0.29, 0.717) is 29.8 Å². The molecule has 6 nitrogen and oxygen atoms in total. The highest BCUT2D eigenvalue weighted by molar-refractivity contribution is 7.99. The molecule has 1 amide bonds. The fraction of sp³-hybridized carbons (Fsp3) is 0.438. The highest BCUT2D eigenvalue weighted by Crippen LogP contribution is 2.35. The number of imidazole rings is 1. The first kappa shape index (κ1) is 17.1. The summed E-state index contributed by atoms with van der Waals surface area (Å²) in [6, 6.07) is 3.61. The van der Waals surface area contributed by atoms with Crippen molar-refractivity contribution in [3.05, 3.63) is 29.2 Å². The van der Waals surface area contributed by atoms with Crippen molar-refractivity contribution in [2.24, 2.45) is 0 Å². The van der Waals surface area contributed by atoms with Crippen LogP contribution in [-0.4, -0.2) is 51.2 Å². The monoisotopic (exact) mass is 365 g/mol. The van der Waals surface area contributed by atoms with Crippen LogP contribution >= 0.6 is 23.4 Å². The van der Waals surface area contributed by atoms with Crippen LogP contribution in [0.4, 0.5) is 11.5 Å². The lowest BCUT2D eigenvalue weighted by molar-refractivity contribution is 0.0762. The molecule has 0 N–H and O–H groups in total. The maximum Gasteiger partial charge on any atom is 0.274 e. The smallest absolute Gasteiger partial charge is 0.274 e. The number of hydrogen-bond donors (Lipinski definition) is 0. The third kappa shape index (κ3) is 2.98. The highest BCUT2D eigenvalue weighted by atomic mass is 35.5. The van der Waals surface area contributed by atoms with Gasteiger partial charge in [0.15, 0.2) is 16.7 Å². The largest absolute Gasteiger partial charge is 0.338 e. The van der Waals surface area contributed by atoms with Crippen LogP contribution in [0.2, 0.25) is 5.15 Å². The van der Waals surface area contributed by atoms with Crippen molar-refractivity contribution in [2.45, 2.75) is 25.5 Å². The van der Waals surface area contributed by atoms with Crippen LogP contribution in [0.5, 0.6) is 0 Å². The standard InChI is InChI=1S/C16H20ClN5OS/c1-4-21(5-2)15(23)13-14(19-16-22(13)8-9-24-16)20(3)11-6-7-12(17)18-10-11/h6-7,10H,4-5,8-9H2,1-3H3. The molecule has 0 aromatic carbocycles. The van der Waals surface area contributed by atoms with E-state index in [9.17, 15) is 4.79 Å². The molecule has 0 aliphatic carbocycles. The molecule has 0 saturated carbocycles. The Morgan fingerprint density at radius 3 is 2.75 bits per heavy atom. The molecule has 3 heterocycles. The first-order valence-electron chi connectivity index (χ1n) is 7.94. The number of pyridine rings is 1. The fourth-order valence-corrected chi connectivity index (χ4v) is 3.82. The number of thioether (sulfide) groups is 1. The van der Waals surface area contributed by atoms with Gasteiger partial charge in [-0.15, -0.1) is 0 Å². The maximum absolute atomic E-state index is 13.0. The number of anilines is 2.